The summed E-state index contributed by atoms with van der Waals surface area (Å²) in [7, 11) is 0. The van der Waals surface area contributed by atoms with Crippen molar-refractivity contribution in [2.75, 3.05) is 6.61 Å². The lowest BCUT2D eigenvalue weighted by molar-refractivity contribution is -0.149. The summed E-state index contributed by atoms with van der Waals surface area (Å²) in [5.41, 5.74) is 0.856. The van der Waals surface area contributed by atoms with Gasteiger partial charge in [0.15, 0.2) is 5.76 Å². The fraction of sp³-hybridized carbons (Fsp3) is 0.375. The Bertz CT molecular complexity index is 635. The number of nitrogens with one attached hydrogen (secondary N) is 1. The quantitative estimate of drug-likeness (QED) is 0.825. The molecular formula is C16H19ClN2O3. The lowest BCUT2D eigenvalue weighted by atomic mass is 10.1. The average molecular weight is 323 g/mol. The Morgan fingerprint density at radius 2 is 2.05 bits per heavy atom. The number of hydrogen-bond acceptors (Lipinski definition) is 5. The number of ether oxygens (including phenoxy) is 1. The van der Waals surface area contributed by atoms with E-state index in [1.165, 1.54) is 0 Å². The van der Waals surface area contributed by atoms with E-state index in [0.29, 0.717) is 23.9 Å². The average Bonchev–Trinajstić information content (AvgIpc) is 2.95. The van der Waals surface area contributed by atoms with Crippen molar-refractivity contribution >= 4 is 17.6 Å². The highest BCUT2D eigenvalue weighted by atomic mass is 35.5. The molecule has 2 aromatic rings. The van der Waals surface area contributed by atoms with Crippen LogP contribution in [0.2, 0.25) is 5.02 Å². The number of benzene rings is 1. The van der Waals surface area contributed by atoms with E-state index in [9.17, 15) is 4.79 Å². The summed E-state index contributed by atoms with van der Waals surface area (Å²) in [6.07, 6.45) is 0. The fourth-order valence-corrected chi connectivity index (χ4v) is 1.97. The Balaban J connectivity index is 2.00. The van der Waals surface area contributed by atoms with E-state index in [-0.39, 0.29) is 5.97 Å². The van der Waals surface area contributed by atoms with Gasteiger partial charge in [-0.2, -0.15) is 0 Å². The summed E-state index contributed by atoms with van der Waals surface area (Å²) in [6.45, 7) is 6.05. The molecule has 0 aliphatic carbocycles. The van der Waals surface area contributed by atoms with Crippen molar-refractivity contribution in [3.05, 3.63) is 41.1 Å². The van der Waals surface area contributed by atoms with Crippen molar-refractivity contribution in [1.29, 1.82) is 0 Å². The van der Waals surface area contributed by atoms with Gasteiger partial charge in [0.1, 0.15) is 11.2 Å². The van der Waals surface area contributed by atoms with Gasteiger partial charge in [-0.3, -0.25) is 10.1 Å². The van der Waals surface area contributed by atoms with E-state index in [2.05, 4.69) is 10.5 Å². The molecule has 22 heavy (non-hydrogen) atoms. The molecule has 1 aromatic heterocycles. The zero-order chi connectivity index (χ0) is 16.2. The van der Waals surface area contributed by atoms with Crippen LogP contribution < -0.4 is 5.32 Å². The number of esters is 1. The van der Waals surface area contributed by atoms with Crippen LogP contribution in [-0.2, 0) is 16.1 Å². The molecule has 5 nitrogen and oxygen atoms in total. The largest absolute Gasteiger partial charge is 0.465 e. The number of hydrogen-bond donors (Lipinski definition) is 1. The third kappa shape index (κ3) is 4.08. The topological polar surface area (TPSA) is 64.4 Å². The Hall–Kier alpha value is -1.85. The van der Waals surface area contributed by atoms with E-state index >= 15 is 0 Å². The normalized spacial score (nSPS) is 11.5. The smallest absolute Gasteiger partial charge is 0.325 e. The summed E-state index contributed by atoms with van der Waals surface area (Å²) in [5, 5.41) is 7.80. The molecule has 0 radical (unpaired) electrons. The minimum absolute atomic E-state index is 0.299. The number of carbonyl (C=O) groups excluding carboxylic acids is 1. The second-order valence-electron chi connectivity index (χ2n) is 5.38. The maximum atomic E-state index is 11.8. The molecule has 118 valence electrons. The summed E-state index contributed by atoms with van der Waals surface area (Å²) < 4.78 is 10.3. The third-order valence-electron chi connectivity index (χ3n) is 3.19. The zero-order valence-electron chi connectivity index (χ0n) is 12.9. The summed E-state index contributed by atoms with van der Waals surface area (Å²) in [6, 6.07) is 9.18. The van der Waals surface area contributed by atoms with Crippen LogP contribution in [0.25, 0.3) is 11.3 Å². The van der Waals surface area contributed by atoms with E-state index in [1.54, 1.807) is 32.9 Å². The lowest BCUT2D eigenvalue weighted by Crippen LogP contribution is -2.47. The Morgan fingerprint density at radius 3 is 2.68 bits per heavy atom. The number of nitrogens with zero attached hydrogens (tertiary/aromatic N) is 1. The highest BCUT2D eigenvalue weighted by Gasteiger charge is 2.28. The Labute approximate surface area is 134 Å². The lowest BCUT2D eigenvalue weighted by Gasteiger charge is -2.23. The van der Waals surface area contributed by atoms with Crippen LogP contribution >= 0.6 is 11.6 Å². The molecule has 0 bridgehead atoms. The first kappa shape index (κ1) is 16.5. The number of aromatic nitrogens is 1. The first-order valence-electron chi connectivity index (χ1n) is 7.06. The Kier molecular flexibility index (Phi) is 5.21. The zero-order valence-corrected chi connectivity index (χ0v) is 13.6. The SMILES string of the molecule is CCOC(=O)C(C)(C)NCc1cc(-c2ccc(Cl)cc2)no1. The fourth-order valence-electron chi connectivity index (χ4n) is 1.84. The minimum Gasteiger partial charge on any atom is -0.465 e. The van der Waals surface area contributed by atoms with E-state index in [1.807, 2.05) is 18.2 Å². The molecule has 0 aliphatic heterocycles. The van der Waals surface area contributed by atoms with E-state index in [0.717, 1.165) is 11.3 Å². The molecule has 0 amide bonds. The Morgan fingerprint density at radius 1 is 1.36 bits per heavy atom. The van der Waals surface area contributed by atoms with Crippen LogP contribution in [0.3, 0.4) is 0 Å². The summed E-state index contributed by atoms with van der Waals surface area (Å²) in [4.78, 5) is 11.8. The molecule has 0 saturated carbocycles. The molecule has 1 aromatic carbocycles. The second-order valence-corrected chi connectivity index (χ2v) is 5.82. The van der Waals surface area contributed by atoms with Gasteiger partial charge < -0.3 is 9.26 Å². The van der Waals surface area contributed by atoms with Crippen LogP contribution in [0.15, 0.2) is 34.9 Å². The van der Waals surface area contributed by atoms with Crippen molar-refractivity contribution in [1.82, 2.24) is 10.5 Å². The van der Waals surface area contributed by atoms with Crippen molar-refractivity contribution in [2.24, 2.45) is 0 Å². The highest BCUT2D eigenvalue weighted by molar-refractivity contribution is 6.30. The molecule has 0 spiro atoms. The minimum atomic E-state index is -0.788. The van der Waals surface area contributed by atoms with Crippen LogP contribution in [-0.4, -0.2) is 23.3 Å². The standard InChI is InChI=1S/C16H19ClN2O3/c1-4-21-15(20)16(2,3)18-10-13-9-14(19-22-13)11-5-7-12(17)8-6-11/h5-9,18H,4,10H2,1-3H3. The molecule has 1 N–H and O–H groups in total. The molecule has 0 atom stereocenters. The van der Waals surface area contributed by atoms with Crippen LogP contribution in [0, 0.1) is 0 Å². The van der Waals surface area contributed by atoms with Gasteiger partial charge in [-0.25, -0.2) is 0 Å². The van der Waals surface area contributed by atoms with E-state index in [4.69, 9.17) is 20.9 Å². The molecule has 6 heteroatoms. The molecule has 0 unspecified atom stereocenters. The highest BCUT2D eigenvalue weighted by Crippen LogP contribution is 2.21. The van der Waals surface area contributed by atoms with Gasteiger partial charge in [0.2, 0.25) is 0 Å². The third-order valence-corrected chi connectivity index (χ3v) is 3.44. The van der Waals surface area contributed by atoms with Crippen molar-refractivity contribution < 1.29 is 14.1 Å². The number of carbonyl (C=O) groups is 1. The van der Waals surface area contributed by atoms with Gasteiger partial charge in [0.25, 0.3) is 0 Å². The predicted molar refractivity (Wildman–Crippen MR) is 84.5 cm³/mol. The van der Waals surface area contributed by atoms with Gasteiger partial charge in [0, 0.05) is 16.7 Å². The molecule has 2 rings (SSSR count). The first-order valence-corrected chi connectivity index (χ1v) is 7.44. The van der Waals surface area contributed by atoms with Crippen molar-refractivity contribution in [3.63, 3.8) is 0 Å². The molecule has 0 fully saturated rings. The van der Waals surface area contributed by atoms with Crippen LogP contribution in [0.5, 0.6) is 0 Å². The second kappa shape index (κ2) is 6.94. The summed E-state index contributed by atoms with van der Waals surface area (Å²) >= 11 is 5.86. The maximum absolute atomic E-state index is 11.8. The number of halogens is 1. The molecule has 0 saturated heterocycles. The van der Waals surface area contributed by atoms with Gasteiger partial charge >= 0.3 is 5.97 Å². The van der Waals surface area contributed by atoms with Crippen LogP contribution in [0.4, 0.5) is 0 Å². The van der Waals surface area contributed by atoms with Crippen molar-refractivity contribution in [2.45, 2.75) is 32.9 Å². The number of rotatable bonds is 6. The van der Waals surface area contributed by atoms with Gasteiger partial charge in [-0.05, 0) is 32.9 Å². The predicted octanol–water partition coefficient (Wildman–Crippen LogP) is 3.43. The van der Waals surface area contributed by atoms with E-state index < -0.39 is 5.54 Å². The van der Waals surface area contributed by atoms with Gasteiger partial charge in [-0.1, -0.05) is 28.9 Å². The van der Waals surface area contributed by atoms with Gasteiger partial charge in [0.05, 0.1) is 13.2 Å². The first-order chi connectivity index (χ1) is 10.4. The molecule has 1 heterocycles. The molecule has 0 aliphatic rings. The maximum Gasteiger partial charge on any atom is 0.325 e. The molecular weight excluding hydrogens is 304 g/mol. The summed E-state index contributed by atoms with van der Waals surface area (Å²) in [5.74, 6) is 0.342. The monoisotopic (exact) mass is 322 g/mol. The van der Waals surface area contributed by atoms with Gasteiger partial charge in [-0.15, -0.1) is 0 Å². The van der Waals surface area contributed by atoms with Crippen molar-refractivity contribution in [3.8, 4) is 11.3 Å². The van der Waals surface area contributed by atoms with Crippen LogP contribution in [0.1, 0.15) is 26.5 Å².